The van der Waals surface area contributed by atoms with Gasteiger partial charge >= 0.3 is 5.97 Å². The highest BCUT2D eigenvalue weighted by molar-refractivity contribution is 5.94. The lowest BCUT2D eigenvalue weighted by molar-refractivity contribution is -0.141. The Morgan fingerprint density at radius 3 is 2.58 bits per heavy atom. The van der Waals surface area contributed by atoms with Crippen LogP contribution in [0.5, 0.6) is 0 Å². The molecule has 0 bridgehead atoms. The summed E-state index contributed by atoms with van der Waals surface area (Å²) >= 11 is 0. The number of nitrogens with one attached hydrogen (secondary N) is 1. The predicted octanol–water partition coefficient (Wildman–Crippen LogP) is 3.56. The molecule has 0 saturated heterocycles. The summed E-state index contributed by atoms with van der Waals surface area (Å²) < 4.78 is 5.74. The Hall–Kier alpha value is -2.37. The number of anilines is 1. The smallest absolute Gasteiger partial charge is 0.306 e. The van der Waals surface area contributed by atoms with Crippen LogP contribution in [-0.4, -0.2) is 22.0 Å². The van der Waals surface area contributed by atoms with Crippen molar-refractivity contribution in [2.45, 2.75) is 45.4 Å². The Labute approximate surface area is 140 Å². The molecule has 0 unspecified atom stereocenters. The average Bonchev–Trinajstić information content (AvgIpc) is 3.13. The highest BCUT2D eigenvalue weighted by Gasteiger charge is 2.33. The van der Waals surface area contributed by atoms with Gasteiger partial charge in [-0.3, -0.25) is 9.59 Å². The molecular formula is C18H22N2O4. The molecule has 0 aliphatic heterocycles. The number of carbonyl (C=O) groups is 2. The van der Waals surface area contributed by atoms with E-state index in [0.29, 0.717) is 41.9 Å². The molecule has 24 heavy (non-hydrogen) atoms. The molecule has 1 aliphatic rings. The number of hydrogen-bond donors (Lipinski definition) is 2. The van der Waals surface area contributed by atoms with E-state index in [1.54, 1.807) is 18.2 Å². The van der Waals surface area contributed by atoms with Crippen LogP contribution in [0.25, 0.3) is 11.1 Å². The number of hydrogen-bond acceptors (Lipinski definition) is 4. The zero-order valence-electron chi connectivity index (χ0n) is 14.1. The van der Waals surface area contributed by atoms with Crippen LogP contribution in [-0.2, 0) is 15.0 Å². The highest BCUT2D eigenvalue weighted by atomic mass is 16.4. The fourth-order valence-corrected chi connectivity index (χ4v) is 3.01. The van der Waals surface area contributed by atoms with Crippen molar-refractivity contribution < 1.29 is 19.1 Å². The molecule has 2 atom stereocenters. The Balaban J connectivity index is 1.73. The third-order valence-corrected chi connectivity index (χ3v) is 4.45. The second-order valence-corrected chi connectivity index (χ2v) is 7.49. The number of nitrogens with zero attached hydrogens (tertiary/aromatic N) is 1. The van der Waals surface area contributed by atoms with Crippen molar-refractivity contribution in [2.75, 3.05) is 5.32 Å². The number of carboxylic acid groups (broad SMARTS) is 1. The van der Waals surface area contributed by atoms with Crippen molar-refractivity contribution >= 4 is 28.7 Å². The zero-order chi connectivity index (χ0) is 17.5. The molecule has 3 rings (SSSR count). The monoisotopic (exact) mass is 330 g/mol. The molecule has 6 nitrogen and oxygen atoms in total. The Morgan fingerprint density at radius 2 is 1.96 bits per heavy atom. The van der Waals surface area contributed by atoms with Crippen LogP contribution in [0.1, 0.15) is 45.9 Å². The first kappa shape index (κ1) is 16.5. The number of fused-ring (bicyclic) bond motifs is 1. The zero-order valence-corrected chi connectivity index (χ0v) is 14.1. The molecule has 1 saturated carbocycles. The van der Waals surface area contributed by atoms with Crippen molar-refractivity contribution in [3.05, 3.63) is 24.1 Å². The van der Waals surface area contributed by atoms with Crippen LogP contribution < -0.4 is 5.32 Å². The van der Waals surface area contributed by atoms with Gasteiger partial charge in [0.2, 0.25) is 11.8 Å². The van der Waals surface area contributed by atoms with Crippen LogP contribution >= 0.6 is 0 Å². The summed E-state index contributed by atoms with van der Waals surface area (Å²) in [5, 5.41) is 11.9. The number of amides is 1. The van der Waals surface area contributed by atoms with Gasteiger partial charge in [-0.05, 0) is 37.5 Å². The molecule has 1 heterocycles. The van der Waals surface area contributed by atoms with Gasteiger partial charge in [0, 0.05) is 17.0 Å². The molecule has 1 aliphatic carbocycles. The third-order valence-electron chi connectivity index (χ3n) is 4.45. The van der Waals surface area contributed by atoms with Crippen molar-refractivity contribution in [3.63, 3.8) is 0 Å². The van der Waals surface area contributed by atoms with E-state index in [1.165, 1.54) is 0 Å². The minimum atomic E-state index is -0.816. The number of benzene rings is 1. The number of oxazole rings is 1. The third kappa shape index (κ3) is 3.27. The standard InChI is InChI=1S/C18H22N2O4/c1-18(2,3)17-20-13-9-12(6-7-14(13)24-17)19-15(21)10-4-5-11(8-10)16(22)23/h6-7,9-11H,4-5,8H2,1-3H3,(H,19,21)(H,22,23)/t10-,11+/m1/s1. The van der Waals surface area contributed by atoms with Crippen molar-refractivity contribution in [1.29, 1.82) is 0 Å². The van der Waals surface area contributed by atoms with Crippen LogP contribution in [0.4, 0.5) is 5.69 Å². The number of carboxylic acids is 1. The molecule has 1 fully saturated rings. The van der Waals surface area contributed by atoms with Crippen molar-refractivity contribution in [2.24, 2.45) is 11.8 Å². The first-order chi connectivity index (χ1) is 11.2. The lowest BCUT2D eigenvalue weighted by Gasteiger charge is -2.11. The minimum Gasteiger partial charge on any atom is -0.481 e. The lowest BCUT2D eigenvalue weighted by atomic mass is 9.97. The summed E-state index contributed by atoms with van der Waals surface area (Å²) in [5.74, 6) is -0.944. The molecular weight excluding hydrogens is 308 g/mol. The van der Waals surface area contributed by atoms with Gasteiger partial charge in [0.25, 0.3) is 0 Å². The fourth-order valence-electron chi connectivity index (χ4n) is 3.01. The highest BCUT2D eigenvalue weighted by Crippen LogP contribution is 2.32. The Bertz CT molecular complexity index is 788. The van der Waals surface area contributed by atoms with E-state index in [9.17, 15) is 9.59 Å². The van der Waals surface area contributed by atoms with Crippen LogP contribution in [0.2, 0.25) is 0 Å². The Morgan fingerprint density at radius 1 is 1.25 bits per heavy atom. The van der Waals surface area contributed by atoms with Crippen molar-refractivity contribution in [1.82, 2.24) is 4.98 Å². The van der Waals surface area contributed by atoms with E-state index in [4.69, 9.17) is 9.52 Å². The summed E-state index contributed by atoms with van der Waals surface area (Å²) in [6, 6.07) is 5.36. The molecule has 0 radical (unpaired) electrons. The number of carbonyl (C=O) groups excluding carboxylic acids is 1. The first-order valence-electron chi connectivity index (χ1n) is 8.19. The molecule has 0 spiro atoms. The van der Waals surface area contributed by atoms with E-state index < -0.39 is 11.9 Å². The van der Waals surface area contributed by atoms with E-state index in [-0.39, 0.29) is 17.2 Å². The van der Waals surface area contributed by atoms with Crippen LogP contribution in [0.3, 0.4) is 0 Å². The SMILES string of the molecule is CC(C)(C)c1nc2cc(NC(=O)[C@@H]3CC[C@H](C(=O)O)C3)ccc2o1. The van der Waals surface area contributed by atoms with Gasteiger partial charge in [0.15, 0.2) is 5.58 Å². The lowest BCUT2D eigenvalue weighted by Crippen LogP contribution is -2.21. The maximum atomic E-state index is 12.3. The second kappa shape index (κ2) is 5.92. The Kier molecular flexibility index (Phi) is 4.07. The normalized spacial score (nSPS) is 21.1. The molecule has 2 N–H and O–H groups in total. The van der Waals surface area contributed by atoms with E-state index in [2.05, 4.69) is 10.3 Å². The van der Waals surface area contributed by atoms with Gasteiger partial charge < -0.3 is 14.8 Å². The number of aromatic nitrogens is 1. The molecule has 128 valence electrons. The van der Waals surface area contributed by atoms with Gasteiger partial charge in [-0.1, -0.05) is 20.8 Å². The minimum absolute atomic E-state index is 0.127. The first-order valence-corrected chi connectivity index (χ1v) is 8.19. The topological polar surface area (TPSA) is 92.4 Å². The van der Waals surface area contributed by atoms with Crippen molar-refractivity contribution in [3.8, 4) is 0 Å². The molecule has 1 aromatic heterocycles. The fraction of sp³-hybridized carbons (Fsp3) is 0.500. The number of rotatable bonds is 3. The van der Waals surface area contributed by atoms with E-state index >= 15 is 0 Å². The summed E-state index contributed by atoms with van der Waals surface area (Å²) in [5.41, 5.74) is 1.86. The van der Waals surface area contributed by atoms with Crippen LogP contribution in [0, 0.1) is 11.8 Å². The molecule has 1 amide bonds. The van der Waals surface area contributed by atoms with E-state index in [0.717, 1.165) is 0 Å². The summed E-state index contributed by atoms with van der Waals surface area (Å²) in [6.07, 6.45) is 1.58. The maximum absolute atomic E-state index is 12.3. The molecule has 2 aromatic rings. The van der Waals surface area contributed by atoms with Gasteiger partial charge in [0.05, 0.1) is 5.92 Å². The van der Waals surface area contributed by atoms with Gasteiger partial charge in [-0.25, -0.2) is 4.98 Å². The largest absolute Gasteiger partial charge is 0.481 e. The summed E-state index contributed by atoms with van der Waals surface area (Å²) in [7, 11) is 0. The molecule has 6 heteroatoms. The summed E-state index contributed by atoms with van der Waals surface area (Å²) in [4.78, 5) is 27.8. The van der Waals surface area contributed by atoms with Gasteiger partial charge in [0.1, 0.15) is 5.52 Å². The average molecular weight is 330 g/mol. The number of aliphatic carboxylic acids is 1. The quantitative estimate of drug-likeness (QED) is 0.897. The predicted molar refractivity (Wildman–Crippen MR) is 89.8 cm³/mol. The van der Waals surface area contributed by atoms with Gasteiger partial charge in [-0.15, -0.1) is 0 Å². The summed E-state index contributed by atoms with van der Waals surface area (Å²) in [6.45, 7) is 6.08. The molecule has 1 aromatic carbocycles. The van der Waals surface area contributed by atoms with Crippen LogP contribution in [0.15, 0.2) is 22.6 Å². The van der Waals surface area contributed by atoms with Gasteiger partial charge in [-0.2, -0.15) is 0 Å². The maximum Gasteiger partial charge on any atom is 0.306 e. The second-order valence-electron chi connectivity index (χ2n) is 7.49. The van der Waals surface area contributed by atoms with E-state index in [1.807, 2.05) is 20.8 Å².